The molecular formula is C22H20ClN3OS. The van der Waals surface area contributed by atoms with Gasteiger partial charge in [-0.05, 0) is 55.7 Å². The Kier molecular flexibility index (Phi) is 4.96. The summed E-state index contributed by atoms with van der Waals surface area (Å²) in [4.78, 5) is 11.2. The second kappa shape index (κ2) is 7.41. The van der Waals surface area contributed by atoms with Crippen LogP contribution in [0.4, 0.5) is 11.5 Å². The highest BCUT2D eigenvalue weighted by molar-refractivity contribution is 7.19. The molecule has 0 spiro atoms. The van der Waals surface area contributed by atoms with E-state index in [0.717, 1.165) is 21.7 Å². The molecule has 4 nitrogen and oxygen atoms in total. The molecule has 0 bridgehead atoms. The fourth-order valence-electron chi connectivity index (χ4n) is 3.26. The molecule has 0 aliphatic rings. The number of halogens is 1. The first kappa shape index (κ1) is 18.7. The number of benzene rings is 2. The molecule has 0 unspecified atom stereocenters. The molecule has 4 rings (SSSR count). The standard InChI is InChI=1S/C22H20ClN3OS/c1-12-5-6-15(9-13(12)2)19-14(3)28-22-20(19)21(24-11-25-22)26-16-7-8-18(27-4)17(23)10-16/h5-11H,1-4H3,(H,24,25,26). The van der Waals surface area contributed by atoms with E-state index in [4.69, 9.17) is 16.3 Å². The smallest absolute Gasteiger partial charge is 0.143 e. The number of thiophene rings is 1. The summed E-state index contributed by atoms with van der Waals surface area (Å²) in [5.41, 5.74) is 5.75. The number of aryl methyl sites for hydroxylation is 3. The van der Waals surface area contributed by atoms with E-state index in [1.54, 1.807) is 24.8 Å². The van der Waals surface area contributed by atoms with Gasteiger partial charge in [-0.15, -0.1) is 11.3 Å². The zero-order valence-corrected chi connectivity index (χ0v) is 17.7. The average Bonchev–Trinajstić information content (AvgIpc) is 3.01. The fraction of sp³-hybridized carbons (Fsp3) is 0.182. The van der Waals surface area contributed by atoms with Crippen LogP contribution < -0.4 is 10.1 Å². The highest BCUT2D eigenvalue weighted by Crippen LogP contribution is 2.41. The van der Waals surface area contributed by atoms with Gasteiger partial charge in [-0.1, -0.05) is 29.8 Å². The number of aromatic nitrogens is 2. The molecular weight excluding hydrogens is 390 g/mol. The quantitative estimate of drug-likeness (QED) is 0.408. The fourth-order valence-corrected chi connectivity index (χ4v) is 4.53. The molecule has 1 N–H and O–H groups in total. The second-order valence-electron chi connectivity index (χ2n) is 6.71. The predicted octanol–water partition coefficient (Wildman–Crippen LogP) is 6.69. The van der Waals surface area contributed by atoms with E-state index in [1.165, 1.54) is 27.1 Å². The SMILES string of the molecule is COc1ccc(Nc2ncnc3sc(C)c(-c4ccc(C)c(C)c4)c23)cc1Cl. The van der Waals surface area contributed by atoms with Crippen LogP contribution >= 0.6 is 22.9 Å². The van der Waals surface area contributed by atoms with Crippen molar-refractivity contribution in [3.05, 3.63) is 63.8 Å². The Bertz CT molecular complexity index is 1190. The van der Waals surface area contributed by atoms with Crippen molar-refractivity contribution in [2.45, 2.75) is 20.8 Å². The van der Waals surface area contributed by atoms with E-state index >= 15 is 0 Å². The molecule has 0 saturated carbocycles. The Morgan fingerprint density at radius 2 is 1.82 bits per heavy atom. The Hall–Kier alpha value is -2.63. The molecule has 2 aromatic carbocycles. The summed E-state index contributed by atoms with van der Waals surface area (Å²) in [7, 11) is 1.60. The summed E-state index contributed by atoms with van der Waals surface area (Å²) in [6, 6.07) is 12.2. The van der Waals surface area contributed by atoms with Crippen molar-refractivity contribution in [1.29, 1.82) is 0 Å². The molecule has 0 fully saturated rings. The lowest BCUT2D eigenvalue weighted by Crippen LogP contribution is -1.96. The van der Waals surface area contributed by atoms with Crippen LogP contribution in [0.2, 0.25) is 5.02 Å². The van der Waals surface area contributed by atoms with Gasteiger partial charge in [0.05, 0.1) is 17.5 Å². The zero-order valence-electron chi connectivity index (χ0n) is 16.1. The lowest BCUT2D eigenvalue weighted by molar-refractivity contribution is 0.415. The second-order valence-corrected chi connectivity index (χ2v) is 8.32. The molecule has 0 atom stereocenters. The number of anilines is 2. The van der Waals surface area contributed by atoms with Crippen molar-refractivity contribution in [1.82, 2.24) is 9.97 Å². The van der Waals surface area contributed by atoms with Crippen molar-refractivity contribution >= 4 is 44.7 Å². The molecule has 4 aromatic rings. The highest BCUT2D eigenvalue weighted by atomic mass is 35.5. The molecule has 0 saturated heterocycles. The highest BCUT2D eigenvalue weighted by Gasteiger charge is 2.17. The third kappa shape index (κ3) is 3.32. The number of hydrogen-bond donors (Lipinski definition) is 1. The maximum Gasteiger partial charge on any atom is 0.143 e. The van der Waals surface area contributed by atoms with Crippen LogP contribution in [0.15, 0.2) is 42.7 Å². The number of hydrogen-bond acceptors (Lipinski definition) is 5. The van der Waals surface area contributed by atoms with E-state index in [9.17, 15) is 0 Å². The van der Waals surface area contributed by atoms with Gasteiger partial charge < -0.3 is 10.1 Å². The van der Waals surface area contributed by atoms with Gasteiger partial charge in [0.25, 0.3) is 0 Å². The van der Waals surface area contributed by atoms with Gasteiger partial charge in [0.2, 0.25) is 0 Å². The van der Waals surface area contributed by atoms with E-state index in [0.29, 0.717) is 10.8 Å². The normalized spacial score (nSPS) is 11.0. The van der Waals surface area contributed by atoms with Crippen molar-refractivity contribution < 1.29 is 4.74 Å². The number of rotatable bonds is 4. The summed E-state index contributed by atoms with van der Waals surface area (Å²) in [6.45, 7) is 6.39. The molecule has 2 heterocycles. The summed E-state index contributed by atoms with van der Waals surface area (Å²) in [6.07, 6.45) is 1.59. The Balaban J connectivity index is 1.86. The number of ether oxygens (including phenoxy) is 1. The topological polar surface area (TPSA) is 47.0 Å². The Morgan fingerprint density at radius 1 is 1.00 bits per heavy atom. The van der Waals surface area contributed by atoms with E-state index in [1.807, 2.05) is 18.2 Å². The van der Waals surface area contributed by atoms with Gasteiger partial charge in [-0.3, -0.25) is 0 Å². The molecule has 2 aromatic heterocycles. The van der Waals surface area contributed by atoms with Crippen LogP contribution in [0, 0.1) is 20.8 Å². The van der Waals surface area contributed by atoms with Gasteiger partial charge in [-0.2, -0.15) is 0 Å². The molecule has 28 heavy (non-hydrogen) atoms. The van der Waals surface area contributed by atoms with Crippen LogP contribution in [-0.2, 0) is 0 Å². The molecule has 6 heteroatoms. The van der Waals surface area contributed by atoms with Gasteiger partial charge in [0, 0.05) is 16.1 Å². The average molecular weight is 410 g/mol. The first-order chi connectivity index (χ1) is 13.5. The van der Waals surface area contributed by atoms with Crippen molar-refractivity contribution in [2.24, 2.45) is 0 Å². The Labute approximate surface area is 173 Å². The summed E-state index contributed by atoms with van der Waals surface area (Å²) in [5, 5.41) is 4.98. The van der Waals surface area contributed by atoms with Crippen LogP contribution in [0.1, 0.15) is 16.0 Å². The Morgan fingerprint density at radius 3 is 2.54 bits per heavy atom. The molecule has 142 valence electrons. The number of nitrogens with zero attached hydrogens (tertiary/aromatic N) is 2. The largest absolute Gasteiger partial charge is 0.495 e. The van der Waals surface area contributed by atoms with Crippen molar-refractivity contribution in [3.63, 3.8) is 0 Å². The maximum absolute atomic E-state index is 6.28. The van der Waals surface area contributed by atoms with E-state index in [2.05, 4.69) is 54.3 Å². The van der Waals surface area contributed by atoms with Gasteiger partial charge in [0.15, 0.2) is 0 Å². The monoisotopic (exact) mass is 409 g/mol. The summed E-state index contributed by atoms with van der Waals surface area (Å²) >= 11 is 7.96. The van der Waals surface area contributed by atoms with Gasteiger partial charge >= 0.3 is 0 Å². The minimum Gasteiger partial charge on any atom is -0.495 e. The third-order valence-corrected chi connectivity index (χ3v) is 6.18. The molecule has 0 aliphatic carbocycles. The minimum atomic E-state index is 0.550. The number of methoxy groups -OCH3 is 1. The first-order valence-corrected chi connectivity index (χ1v) is 10.1. The van der Waals surface area contributed by atoms with Crippen LogP contribution in [0.25, 0.3) is 21.3 Å². The maximum atomic E-state index is 6.28. The summed E-state index contributed by atoms with van der Waals surface area (Å²) < 4.78 is 5.24. The molecule has 0 amide bonds. The van der Waals surface area contributed by atoms with Crippen LogP contribution in [0.5, 0.6) is 5.75 Å². The van der Waals surface area contributed by atoms with E-state index in [-0.39, 0.29) is 0 Å². The van der Waals surface area contributed by atoms with Crippen molar-refractivity contribution in [3.8, 4) is 16.9 Å². The molecule has 0 aliphatic heterocycles. The van der Waals surface area contributed by atoms with E-state index < -0.39 is 0 Å². The number of nitrogens with one attached hydrogen (secondary N) is 1. The van der Waals surface area contributed by atoms with Gasteiger partial charge in [-0.25, -0.2) is 9.97 Å². The minimum absolute atomic E-state index is 0.550. The summed E-state index contributed by atoms with van der Waals surface area (Å²) in [5.74, 6) is 1.41. The molecule has 0 radical (unpaired) electrons. The van der Waals surface area contributed by atoms with Crippen LogP contribution in [-0.4, -0.2) is 17.1 Å². The van der Waals surface area contributed by atoms with Crippen molar-refractivity contribution in [2.75, 3.05) is 12.4 Å². The number of fused-ring (bicyclic) bond motifs is 1. The van der Waals surface area contributed by atoms with Crippen LogP contribution in [0.3, 0.4) is 0 Å². The third-order valence-electron chi connectivity index (χ3n) is 4.87. The zero-order chi connectivity index (χ0) is 19.8. The lowest BCUT2D eigenvalue weighted by Gasteiger charge is -2.11. The predicted molar refractivity (Wildman–Crippen MR) is 118 cm³/mol. The lowest BCUT2D eigenvalue weighted by atomic mass is 9.99. The first-order valence-electron chi connectivity index (χ1n) is 8.90. The van der Waals surface area contributed by atoms with Gasteiger partial charge in [0.1, 0.15) is 22.7 Å².